The van der Waals surface area contributed by atoms with Crippen molar-refractivity contribution in [2.75, 3.05) is 0 Å². The number of rotatable bonds is 2. The van der Waals surface area contributed by atoms with Gasteiger partial charge in [-0.25, -0.2) is 0 Å². The standard InChI is InChI=1S/C17H20O2/c1-10-2-5-15-13(6-10)9-16(19-15)17(18)14-8-11-3-4-12(14)7-11/h2,5-6,9,11-12,14,17-18H,3-4,7-8H2,1H3. The van der Waals surface area contributed by atoms with Crippen molar-refractivity contribution in [2.24, 2.45) is 17.8 Å². The van der Waals surface area contributed by atoms with E-state index in [1.54, 1.807) is 0 Å². The molecule has 0 amide bonds. The molecule has 2 aliphatic carbocycles. The minimum atomic E-state index is -0.414. The zero-order valence-electron chi connectivity index (χ0n) is 11.3. The van der Waals surface area contributed by atoms with E-state index in [0.29, 0.717) is 5.92 Å². The average Bonchev–Trinajstić information content (AvgIpc) is 3.11. The van der Waals surface area contributed by atoms with Gasteiger partial charge >= 0.3 is 0 Å². The molecule has 2 fully saturated rings. The van der Waals surface area contributed by atoms with Gasteiger partial charge in [-0.05, 0) is 62.1 Å². The van der Waals surface area contributed by atoms with Crippen LogP contribution < -0.4 is 0 Å². The van der Waals surface area contributed by atoms with Crippen LogP contribution >= 0.6 is 0 Å². The largest absolute Gasteiger partial charge is 0.458 e. The van der Waals surface area contributed by atoms with E-state index in [1.165, 1.54) is 31.2 Å². The van der Waals surface area contributed by atoms with Gasteiger partial charge in [-0.15, -0.1) is 0 Å². The minimum Gasteiger partial charge on any atom is -0.458 e. The molecule has 1 N–H and O–H groups in total. The van der Waals surface area contributed by atoms with Gasteiger partial charge in [0.1, 0.15) is 17.4 Å². The molecule has 1 aromatic heterocycles. The van der Waals surface area contributed by atoms with Crippen LogP contribution in [0.3, 0.4) is 0 Å². The first-order valence-electron chi connectivity index (χ1n) is 7.39. The third-order valence-corrected chi connectivity index (χ3v) is 5.18. The highest BCUT2D eigenvalue weighted by molar-refractivity contribution is 5.78. The molecule has 4 rings (SSSR count). The van der Waals surface area contributed by atoms with Crippen molar-refractivity contribution in [3.63, 3.8) is 0 Å². The van der Waals surface area contributed by atoms with Gasteiger partial charge in [0.05, 0.1) is 0 Å². The summed E-state index contributed by atoms with van der Waals surface area (Å²) in [6, 6.07) is 8.20. The zero-order chi connectivity index (χ0) is 13.0. The Morgan fingerprint density at radius 3 is 2.84 bits per heavy atom. The van der Waals surface area contributed by atoms with E-state index < -0.39 is 6.10 Å². The summed E-state index contributed by atoms with van der Waals surface area (Å²) in [5.41, 5.74) is 2.12. The summed E-state index contributed by atoms with van der Waals surface area (Å²) < 4.78 is 5.85. The lowest BCUT2D eigenvalue weighted by molar-refractivity contribution is 0.0573. The molecule has 19 heavy (non-hydrogen) atoms. The van der Waals surface area contributed by atoms with Crippen molar-refractivity contribution in [3.05, 3.63) is 35.6 Å². The third kappa shape index (κ3) is 1.81. The van der Waals surface area contributed by atoms with Gasteiger partial charge in [0.2, 0.25) is 0 Å². The Kier molecular flexibility index (Phi) is 2.49. The summed E-state index contributed by atoms with van der Waals surface area (Å²) in [7, 11) is 0. The van der Waals surface area contributed by atoms with E-state index in [9.17, 15) is 5.11 Å². The van der Waals surface area contributed by atoms with E-state index in [4.69, 9.17) is 4.42 Å². The number of hydrogen-bond donors (Lipinski definition) is 1. The van der Waals surface area contributed by atoms with Crippen LogP contribution in [0.2, 0.25) is 0 Å². The zero-order valence-corrected chi connectivity index (χ0v) is 11.3. The maximum Gasteiger partial charge on any atom is 0.134 e. The maximum absolute atomic E-state index is 10.6. The van der Waals surface area contributed by atoms with Crippen LogP contribution in [0.1, 0.15) is 43.1 Å². The Bertz CT molecular complexity index is 613. The highest BCUT2D eigenvalue weighted by Crippen LogP contribution is 2.52. The van der Waals surface area contributed by atoms with Crippen molar-refractivity contribution in [3.8, 4) is 0 Å². The van der Waals surface area contributed by atoms with Crippen molar-refractivity contribution >= 4 is 11.0 Å². The van der Waals surface area contributed by atoms with Gasteiger partial charge in [0.15, 0.2) is 0 Å². The highest BCUT2D eigenvalue weighted by Gasteiger charge is 2.43. The normalized spacial score (nSPS) is 31.2. The number of fused-ring (bicyclic) bond motifs is 3. The summed E-state index contributed by atoms with van der Waals surface area (Å²) in [5, 5.41) is 11.7. The Hall–Kier alpha value is -1.28. The van der Waals surface area contributed by atoms with Gasteiger partial charge < -0.3 is 9.52 Å². The molecule has 2 heteroatoms. The van der Waals surface area contributed by atoms with E-state index in [2.05, 4.69) is 19.1 Å². The van der Waals surface area contributed by atoms with Gasteiger partial charge in [0.25, 0.3) is 0 Å². The fourth-order valence-corrected chi connectivity index (χ4v) is 4.22. The topological polar surface area (TPSA) is 33.4 Å². The molecule has 2 aromatic rings. The van der Waals surface area contributed by atoms with Crippen LogP contribution in [-0.4, -0.2) is 5.11 Å². The van der Waals surface area contributed by atoms with Crippen LogP contribution in [-0.2, 0) is 0 Å². The average molecular weight is 256 g/mol. The molecule has 0 saturated heterocycles. The molecule has 1 heterocycles. The molecular weight excluding hydrogens is 236 g/mol. The molecule has 100 valence electrons. The second-order valence-corrected chi connectivity index (χ2v) is 6.47. The molecule has 4 atom stereocenters. The molecule has 0 radical (unpaired) electrons. The first-order valence-corrected chi connectivity index (χ1v) is 7.39. The molecule has 2 bridgehead atoms. The van der Waals surface area contributed by atoms with Crippen molar-refractivity contribution in [2.45, 2.75) is 38.7 Å². The van der Waals surface area contributed by atoms with Crippen molar-refractivity contribution in [1.82, 2.24) is 0 Å². The van der Waals surface area contributed by atoms with Gasteiger partial charge in [0, 0.05) is 5.39 Å². The van der Waals surface area contributed by atoms with Crippen LogP contribution in [0, 0.1) is 24.7 Å². The molecule has 2 aliphatic rings. The lowest BCUT2D eigenvalue weighted by Gasteiger charge is -2.25. The number of hydrogen-bond acceptors (Lipinski definition) is 2. The Balaban J connectivity index is 1.66. The quantitative estimate of drug-likeness (QED) is 0.873. The smallest absolute Gasteiger partial charge is 0.134 e. The number of aliphatic hydroxyl groups is 1. The van der Waals surface area contributed by atoms with E-state index in [-0.39, 0.29) is 0 Å². The molecule has 0 spiro atoms. The molecule has 1 aromatic carbocycles. The molecular formula is C17H20O2. The molecule has 4 unspecified atom stereocenters. The highest BCUT2D eigenvalue weighted by atomic mass is 16.4. The third-order valence-electron chi connectivity index (χ3n) is 5.18. The van der Waals surface area contributed by atoms with Gasteiger partial charge in [-0.2, -0.15) is 0 Å². The van der Waals surface area contributed by atoms with Gasteiger partial charge in [-0.1, -0.05) is 18.1 Å². The first-order chi connectivity index (χ1) is 9.20. The Morgan fingerprint density at radius 1 is 1.21 bits per heavy atom. The maximum atomic E-state index is 10.6. The second kappa shape index (κ2) is 4.11. The summed E-state index contributed by atoms with van der Waals surface area (Å²) in [6.07, 6.45) is 4.75. The van der Waals surface area contributed by atoms with Crippen molar-refractivity contribution in [1.29, 1.82) is 0 Å². The first kappa shape index (κ1) is 11.5. The summed E-state index contributed by atoms with van der Waals surface area (Å²) >= 11 is 0. The van der Waals surface area contributed by atoms with E-state index in [0.717, 1.165) is 28.6 Å². The van der Waals surface area contributed by atoms with Crippen molar-refractivity contribution < 1.29 is 9.52 Å². The predicted octanol–water partition coefficient (Wildman–Crippen LogP) is 4.21. The predicted molar refractivity (Wildman–Crippen MR) is 74.8 cm³/mol. The lowest BCUT2D eigenvalue weighted by Crippen LogP contribution is -2.18. The fraction of sp³-hybridized carbons (Fsp3) is 0.529. The SMILES string of the molecule is Cc1ccc2oc(C(O)C3CC4CCC3C4)cc2c1. The fourth-order valence-electron chi connectivity index (χ4n) is 4.22. The van der Waals surface area contributed by atoms with Gasteiger partial charge in [-0.3, -0.25) is 0 Å². The minimum absolute atomic E-state index is 0.414. The summed E-state index contributed by atoms with van der Waals surface area (Å²) in [5.74, 6) is 2.75. The monoisotopic (exact) mass is 256 g/mol. The Labute approximate surface area is 113 Å². The van der Waals surface area contributed by atoms with Crippen LogP contribution in [0.4, 0.5) is 0 Å². The second-order valence-electron chi connectivity index (χ2n) is 6.47. The molecule has 2 saturated carbocycles. The van der Waals surface area contributed by atoms with Crippen LogP contribution in [0.15, 0.2) is 28.7 Å². The molecule has 0 aliphatic heterocycles. The number of furan rings is 1. The van der Waals surface area contributed by atoms with E-state index >= 15 is 0 Å². The Morgan fingerprint density at radius 2 is 2.11 bits per heavy atom. The number of benzene rings is 1. The van der Waals surface area contributed by atoms with E-state index in [1.807, 2.05) is 12.1 Å². The number of aliphatic hydroxyl groups excluding tert-OH is 1. The number of aryl methyl sites for hydroxylation is 1. The summed E-state index contributed by atoms with van der Waals surface area (Å²) in [4.78, 5) is 0. The van der Waals surface area contributed by atoms with Crippen LogP contribution in [0.25, 0.3) is 11.0 Å². The molecule has 2 nitrogen and oxygen atoms in total. The lowest BCUT2D eigenvalue weighted by atomic mass is 9.84. The van der Waals surface area contributed by atoms with Crippen LogP contribution in [0.5, 0.6) is 0 Å². The summed E-state index contributed by atoms with van der Waals surface area (Å²) in [6.45, 7) is 2.08.